The molecule has 10 nitrogen and oxygen atoms in total. The summed E-state index contributed by atoms with van der Waals surface area (Å²) in [6, 6.07) is 15.2. The number of rotatable bonds is 9. The molecule has 3 atom stereocenters. The Hall–Kier alpha value is -4.15. The van der Waals surface area contributed by atoms with Crippen LogP contribution >= 0.6 is 0 Å². The van der Waals surface area contributed by atoms with Gasteiger partial charge < -0.3 is 30.1 Å². The lowest BCUT2D eigenvalue weighted by Gasteiger charge is -2.38. The standard InChI is InChI=1S/C30H37N5O5/c1-20-16-35(21(2)19-36)29(37)25-6-5-7-26(33-30(38)32-23-8-10-24(39-4)11-9-23)28(25)40-27(20)18-34(3)17-22-12-14-31-15-13-22/h5-15,20-21,27,36H,16-19H2,1-4H3,(H2,32,33,38)/t20-,21+,27+/m1/s1. The minimum atomic E-state index is -0.475. The van der Waals surface area contributed by atoms with Gasteiger partial charge in [-0.05, 0) is 68.1 Å². The number of carbonyl (C=O) groups is 2. The number of aliphatic hydroxyl groups excluding tert-OH is 1. The molecule has 0 saturated heterocycles. The number of nitrogens with one attached hydrogen (secondary N) is 2. The first-order valence-corrected chi connectivity index (χ1v) is 13.3. The predicted molar refractivity (Wildman–Crippen MR) is 154 cm³/mol. The molecule has 0 spiro atoms. The van der Waals surface area contributed by atoms with Crippen LogP contribution in [0.1, 0.15) is 29.8 Å². The van der Waals surface area contributed by atoms with Gasteiger partial charge in [0.25, 0.3) is 5.91 Å². The number of carbonyl (C=O) groups excluding carboxylic acids is 2. The zero-order valence-corrected chi connectivity index (χ0v) is 23.3. The van der Waals surface area contributed by atoms with Gasteiger partial charge in [-0.1, -0.05) is 13.0 Å². The van der Waals surface area contributed by atoms with Crippen LogP contribution in [0.15, 0.2) is 67.0 Å². The van der Waals surface area contributed by atoms with Gasteiger partial charge in [0.1, 0.15) is 11.9 Å². The summed E-state index contributed by atoms with van der Waals surface area (Å²) in [5.41, 5.74) is 2.42. The Bertz CT molecular complexity index is 1290. The van der Waals surface area contributed by atoms with Crippen LogP contribution in [0.4, 0.5) is 16.2 Å². The van der Waals surface area contributed by atoms with Crippen LogP contribution in [-0.4, -0.2) is 77.8 Å². The number of hydrogen-bond acceptors (Lipinski definition) is 7. The highest BCUT2D eigenvalue weighted by molar-refractivity contribution is 6.04. The van der Waals surface area contributed by atoms with Crippen molar-refractivity contribution in [2.75, 3.05) is 44.5 Å². The lowest BCUT2D eigenvalue weighted by Crippen LogP contribution is -2.49. The number of methoxy groups -OCH3 is 1. The van der Waals surface area contributed by atoms with Crippen LogP contribution in [0, 0.1) is 5.92 Å². The minimum Gasteiger partial charge on any atom is -0.497 e. The van der Waals surface area contributed by atoms with Gasteiger partial charge in [-0.3, -0.25) is 14.7 Å². The molecule has 0 fully saturated rings. The topological polar surface area (TPSA) is 116 Å². The summed E-state index contributed by atoms with van der Waals surface area (Å²) in [7, 11) is 3.59. The molecular formula is C30H37N5O5. The van der Waals surface area contributed by atoms with Crippen molar-refractivity contribution in [1.82, 2.24) is 14.8 Å². The van der Waals surface area contributed by atoms with Crippen molar-refractivity contribution >= 4 is 23.3 Å². The lowest BCUT2D eigenvalue weighted by atomic mass is 9.99. The van der Waals surface area contributed by atoms with Crippen molar-refractivity contribution in [2.24, 2.45) is 5.92 Å². The highest BCUT2D eigenvalue weighted by Gasteiger charge is 2.34. The average Bonchev–Trinajstić information content (AvgIpc) is 2.95. The van der Waals surface area contributed by atoms with E-state index in [1.54, 1.807) is 66.9 Å². The summed E-state index contributed by atoms with van der Waals surface area (Å²) in [6.45, 7) is 5.38. The number of hydrogen-bond donors (Lipinski definition) is 3. The van der Waals surface area contributed by atoms with E-state index < -0.39 is 6.03 Å². The third-order valence-corrected chi connectivity index (χ3v) is 6.98. The number of ether oxygens (including phenoxy) is 2. The van der Waals surface area contributed by atoms with E-state index in [1.165, 1.54) is 0 Å². The summed E-state index contributed by atoms with van der Waals surface area (Å²) in [6.07, 6.45) is 3.23. The monoisotopic (exact) mass is 547 g/mol. The van der Waals surface area contributed by atoms with Crippen LogP contribution in [0.25, 0.3) is 0 Å². The van der Waals surface area contributed by atoms with Gasteiger partial charge >= 0.3 is 6.03 Å². The van der Waals surface area contributed by atoms with Crippen LogP contribution in [0.2, 0.25) is 0 Å². The number of nitrogens with zero attached hydrogens (tertiary/aromatic N) is 3. The average molecular weight is 548 g/mol. The van der Waals surface area contributed by atoms with Gasteiger partial charge in [0.15, 0.2) is 5.75 Å². The highest BCUT2D eigenvalue weighted by Crippen LogP contribution is 2.35. The van der Waals surface area contributed by atoms with E-state index in [0.717, 1.165) is 5.56 Å². The smallest absolute Gasteiger partial charge is 0.323 e. The first-order chi connectivity index (χ1) is 19.3. The minimum absolute atomic E-state index is 0.0628. The zero-order chi connectivity index (χ0) is 28.6. The number of aliphatic hydroxyl groups is 1. The molecule has 0 saturated carbocycles. The molecule has 0 bridgehead atoms. The summed E-state index contributed by atoms with van der Waals surface area (Å²) in [5, 5.41) is 15.6. The maximum Gasteiger partial charge on any atom is 0.323 e. The first kappa shape index (κ1) is 28.8. The van der Waals surface area contributed by atoms with Gasteiger partial charge in [-0.2, -0.15) is 0 Å². The number of benzene rings is 2. The summed E-state index contributed by atoms with van der Waals surface area (Å²) >= 11 is 0. The van der Waals surface area contributed by atoms with E-state index in [-0.39, 0.29) is 30.6 Å². The Morgan fingerprint density at radius 3 is 2.58 bits per heavy atom. The van der Waals surface area contributed by atoms with Crippen LogP contribution in [0.3, 0.4) is 0 Å². The Morgan fingerprint density at radius 2 is 1.90 bits per heavy atom. The number of likely N-dealkylation sites (N-methyl/N-ethyl adjacent to an activating group) is 1. The molecular weight excluding hydrogens is 510 g/mol. The van der Waals surface area contributed by atoms with E-state index in [4.69, 9.17) is 9.47 Å². The Kier molecular flexibility index (Phi) is 9.57. The van der Waals surface area contributed by atoms with Crippen molar-refractivity contribution in [2.45, 2.75) is 32.5 Å². The normalized spacial score (nSPS) is 17.8. The molecule has 2 aromatic carbocycles. The molecule has 1 aliphatic heterocycles. The number of pyridine rings is 1. The maximum absolute atomic E-state index is 13.7. The molecule has 1 aromatic heterocycles. The van der Waals surface area contributed by atoms with Crippen LogP contribution < -0.4 is 20.1 Å². The molecule has 10 heteroatoms. The molecule has 3 aromatic rings. The molecule has 3 N–H and O–H groups in total. The van der Waals surface area contributed by atoms with E-state index in [9.17, 15) is 14.7 Å². The van der Waals surface area contributed by atoms with Gasteiger partial charge in [0.05, 0.1) is 31.0 Å². The number of aromatic nitrogens is 1. The quantitative estimate of drug-likeness (QED) is 0.370. The van der Waals surface area contributed by atoms with Gasteiger partial charge in [-0.15, -0.1) is 0 Å². The summed E-state index contributed by atoms with van der Waals surface area (Å²) < 4.78 is 11.8. The molecule has 2 heterocycles. The lowest BCUT2D eigenvalue weighted by molar-refractivity contribution is 0.0343. The fourth-order valence-corrected chi connectivity index (χ4v) is 4.69. The molecule has 0 aliphatic carbocycles. The van der Waals surface area contributed by atoms with Crippen molar-refractivity contribution in [3.63, 3.8) is 0 Å². The second-order valence-corrected chi connectivity index (χ2v) is 10.2. The highest BCUT2D eigenvalue weighted by atomic mass is 16.5. The number of para-hydroxylation sites is 1. The number of amides is 3. The van der Waals surface area contributed by atoms with E-state index in [2.05, 4.69) is 20.5 Å². The van der Waals surface area contributed by atoms with Gasteiger partial charge in [-0.25, -0.2) is 4.79 Å². The van der Waals surface area contributed by atoms with Gasteiger partial charge in [0.2, 0.25) is 0 Å². The first-order valence-electron chi connectivity index (χ1n) is 13.3. The Balaban J connectivity index is 1.61. The fourth-order valence-electron chi connectivity index (χ4n) is 4.69. The summed E-state index contributed by atoms with van der Waals surface area (Å²) in [4.78, 5) is 34.6. The van der Waals surface area contributed by atoms with Crippen molar-refractivity contribution < 1.29 is 24.2 Å². The number of fused-ring (bicyclic) bond motifs is 1. The van der Waals surface area contributed by atoms with Crippen LogP contribution in [-0.2, 0) is 6.54 Å². The molecule has 40 heavy (non-hydrogen) atoms. The number of urea groups is 1. The number of anilines is 2. The molecule has 212 valence electrons. The molecule has 0 unspecified atom stereocenters. The van der Waals surface area contributed by atoms with E-state index >= 15 is 0 Å². The second kappa shape index (κ2) is 13.3. The molecule has 0 radical (unpaired) electrons. The Labute approximate surface area is 234 Å². The second-order valence-electron chi connectivity index (χ2n) is 10.2. The summed E-state index contributed by atoms with van der Waals surface area (Å²) in [5.74, 6) is 0.665. The SMILES string of the molecule is COc1ccc(NC(=O)Nc2cccc3c2O[C@@H](CN(C)Cc2ccncc2)[C@H](C)CN([C@@H](C)CO)C3=O)cc1. The Morgan fingerprint density at radius 1 is 1.18 bits per heavy atom. The van der Waals surface area contributed by atoms with Crippen molar-refractivity contribution in [3.05, 3.63) is 78.1 Å². The van der Waals surface area contributed by atoms with E-state index in [0.29, 0.717) is 48.1 Å². The fraction of sp³-hybridized carbons (Fsp3) is 0.367. The van der Waals surface area contributed by atoms with Gasteiger partial charge in [0, 0.05) is 43.6 Å². The van der Waals surface area contributed by atoms with E-state index in [1.807, 2.05) is 33.0 Å². The molecule has 3 amide bonds. The third kappa shape index (κ3) is 7.08. The van der Waals surface area contributed by atoms with Crippen molar-refractivity contribution in [3.8, 4) is 11.5 Å². The van der Waals surface area contributed by atoms with Crippen molar-refractivity contribution in [1.29, 1.82) is 0 Å². The van der Waals surface area contributed by atoms with Crippen LogP contribution in [0.5, 0.6) is 11.5 Å². The predicted octanol–water partition coefficient (Wildman–Crippen LogP) is 4.09. The largest absolute Gasteiger partial charge is 0.497 e. The zero-order valence-electron chi connectivity index (χ0n) is 23.3. The molecule has 4 rings (SSSR count). The third-order valence-electron chi connectivity index (χ3n) is 6.98. The molecule has 1 aliphatic rings. The maximum atomic E-state index is 13.7.